The average Bonchev–Trinajstić information content (AvgIpc) is 2.16. The minimum Gasteiger partial charge on any atom is -0.315 e. The molecule has 0 aromatic rings. The predicted octanol–water partition coefficient (Wildman–Crippen LogP) is 2.63. The summed E-state index contributed by atoms with van der Waals surface area (Å²) in [7, 11) is 0. The highest BCUT2D eigenvalue weighted by Gasteiger charge is 2.07. The average molecular weight is 221 g/mol. The van der Waals surface area contributed by atoms with Crippen LogP contribution in [0.15, 0.2) is 0 Å². The first-order valence-electron chi connectivity index (χ1n) is 5.53. The molecular weight excluding hydrogens is 198 g/mol. The third-order valence-electron chi connectivity index (χ3n) is 2.35. The largest absolute Gasteiger partial charge is 0.315 e. The summed E-state index contributed by atoms with van der Waals surface area (Å²) in [4.78, 5) is 0. The van der Waals surface area contributed by atoms with Crippen molar-refractivity contribution < 1.29 is 8.76 Å². The van der Waals surface area contributed by atoms with Gasteiger partial charge < -0.3 is 10.3 Å². The highest BCUT2D eigenvalue weighted by atomic mass is 32.2. The van der Waals surface area contributed by atoms with Crippen molar-refractivity contribution in [1.82, 2.24) is 0 Å². The van der Waals surface area contributed by atoms with E-state index in [1.807, 2.05) is 0 Å². The van der Waals surface area contributed by atoms with E-state index in [-0.39, 0.29) is 0 Å². The molecule has 3 nitrogen and oxygen atoms in total. The van der Waals surface area contributed by atoms with Crippen molar-refractivity contribution in [2.45, 2.75) is 63.7 Å². The molecule has 4 heteroatoms. The number of nitrogens with two attached hydrogens (primary N) is 1. The fourth-order valence-electron chi connectivity index (χ4n) is 1.40. The van der Waals surface area contributed by atoms with Gasteiger partial charge in [-0.3, -0.25) is 0 Å². The third kappa shape index (κ3) is 8.66. The molecule has 0 aromatic carbocycles. The van der Waals surface area contributed by atoms with E-state index in [4.69, 9.17) is 10.3 Å². The second kappa shape index (κ2) is 9.62. The van der Waals surface area contributed by atoms with Crippen molar-refractivity contribution in [3.8, 4) is 0 Å². The van der Waals surface area contributed by atoms with Gasteiger partial charge in [-0.15, -0.1) is 0 Å². The van der Waals surface area contributed by atoms with Gasteiger partial charge in [0, 0.05) is 0 Å². The Labute approximate surface area is 89.7 Å². The van der Waals surface area contributed by atoms with E-state index >= 15 is 0 Å². The Morgan fingerprint density at radius 1 is 1.14 bits per heavy atom. The zero-order chi connectivity index (χ0) is 10.8. The first-order valence-corrected chi connectivity index (χ1v) is 6.70. The van der Waals surface area contributed by atoms with Crippen molar-refractivity contribution >= 4 is 11.1 Å². The van der Waals surface area contributed by atoms with Gasteiger partial charge in [-0.1, -0.05) is 51.9 Å². The lowest BCUT2D eigenvalue weighted by atomic mass is 10.1. The molecule has 0 aromatic heterocycles. The zero-order valence-corrected chi connectivity index (χ0v) is 9.89. The Morgan fingerprint density at radius 2 is 1.64 bits per heavy atom. The van der Waals surface area contributed by atoms with Crippen molar-refractivity contribution in [2.24, 2.45) is 5.73 Å². The van der Waals surface area contributed by atoms with Crippen LogP contribution in [0.25, 0.3) is 0 Å². The van der Waals surface area contributed by atoms with Crippen LogP contribution in [0.1, 0.15) is 58.3 Å². The lowest BCUT2D eigenvalue weighted by Crippen LogP contribution is -2.24. The topological polar surface area (TPSA) is 63.3 Å². The molecule has 0 fully saturated rings. The molecule has 0 saturated heterocycles. The molecule has 0 aliphatic heterocycles. The standard InChI is InChI=1S/C10H23NO2S/c1-2-3-4-5-6-7-8-9-10(11)14(12)13/h10H,2-9,11H2,1H3,(H,12,13). The molecule has 14 heavy (non-hydrogen) atoms. The summed E-state index contributed by atoms with van der Waals surface area (Å²) in [5.74, 6) is 0. The molecule has 0 aliphatic rings. The Bertz CT molecular complexity index is 153. The molecule has 3 N–H and O–H groups in total. The minimum atomic E-state index is -1.84. The van der Waals surface area contributed by atoms with Crippen LogP contribution in [0.4, 0.5) is 0 Å². The molecule has 0 saturated carbocycles. The highest BCUT2D eigenvalue weighted by Crippen LogP contribution is 2.09. The van der Waals surface area contributed by atoms with Crippen LogP contribution in [0, 0.1) is 0 Å². The summed E-state index contributed by atoms with van der Waals surface area (Å²) in [6.07, 6.45) is 9.18. The molecule has 0 heterocycles. The summed E-state index contributed by atoms with van der Waals surface area (Å²) >= 11 is -1.84. The highest BCUT2D eigenvalue weighted by molar-refractivity contribution is 7.79. The summed E-state index contributed by atoms with van der Waals surface area (Å²) in [5, 5.41) is -0.550. The minimum absolute atomic E-state index is 0.550. The quantitative estimate of drug-likeness (QED) is 0.465. The number of rotatable bonds is 9. The molecule has 0 spiro atoms. The molecule has 2 unspecified atom stereocenters. The molecule has 0 bridgehead atoms. The van der Waals surface area contributed by atoms with Crippen molar-refractivity contribution in [3.05, 3.63) is 0 Å². The SMILES string of the molecule is CCCCCCCCCC(N)S(=O)O. The lowest BCUT2D eigenvalue weighted by Gasteiger charge is -2.06. The van der Waals surface area contributed by atoms with E-state index in [1.165, 1.54) is 32.1 Å². The summed E-state index contributed by atoms with van der Waals surface area (Å²) < 4.78 is 19.1. The van der Waals surface area contributed by atoms with Gasteiger partial charge >= 0.3 is 0 Å². The second-order valence-electron chi connectivity index (χ2n) is 3.72. The van der Waals surface area contributed by atoms with Crippen molar-refractivity contribution in [3.63, 3.8) is 0 Å². The number of hydrogen-bond acceptors (Lipinski definition) is 2. The Kier molecular flexibility index (Phi) is 9.67. The van der Waals surface area contributed by atoms with E-state index in [0.29, 0.717) is 6.42 Å². The lowest BCUT2D eigenvalue weighted by molar-refractivity contribution is 0.525. The van der Waals surface area contributed by atoms with E-state index in [9.17, 15) is 4.21 Å². The van der Waals surface area contributed by atoms with Crippen LogP contribution in [0.3, 0.4) is 0 Å². The predicted molar refractivity (Wildman–Crippen MR) is 61.4 cm³/mol. The van der Waals surface area contributed by atoms with Gasteiger partial charge in [0.1, 0.15) is 5.37 Å². The first-order chi connectivity index (χ1) is 6.68. The van der Waals surface area contributed by atoms with Crippen LogP contribution in [-0.4, -0.2) is 14.1 Å². The van der Waals surface area contributed by atoms with E-state index in [2.05, 4.69) is 6.92 Å². The number of hydrogen-bond donors (Lipinski definition) is 2. The van der Waals surface area contributed by atoms with Crippen LogP contribution in [0.5, 0.6) is 0 Å². The summed E-state index contributed by atoms with van der Waals surface area (Å²) in [5.41, 5.74) is 5.43. The Hall–Kier alpha value is 0.0700. The van der Waals surface area contributed by atoms with Gasteiger partial charge in [0.15, 0.2) is 11.1 Å². The van der Waals surface area contributed by atoms with Crippen LogP contribution < -0.4 is 5.73 Å². The second-order valence-corrected chi connectivity index (χ2v) is 4.88. The van der Waals surface area contributed by atoms with E-state index in [1.54, 1.807) is 0 Å². The van der Waals surface area contributed by atoms with Gasteiger partial charge in [-0.2, -0.15) is 0 Å². The smallest absolute Gasteiger partial charge is 0.170 e. The van der Waals surface area contributed by atoms with Gasteiger partial charge in [0.05, 0.1) is 0 Å². The molecule has 0 aliphatic carbocycles. The van der Waals surface area contributed by atoms with Crippen molar-refractivity contribution in [2.75, 3.05) is 0 Å². The third-order valence-corrected chi connectivity index (χ3v) is 3.10. The zero-order valence-electron chi connectivity index (χ0n) is 9.08. The first kappa shape index (κ1) is 14.1. The van der Waals surface area contributed by atoms with Gasteiger partial charge in [0.2, 0.25) is 0 Å². The molecule has 0 radical (unpaired) electrons. The van der Waals surface area contributed by atoms with E-state index in [0.717, 1.165) is 12.8 Å². The molecule has 0 amide bonds. The van der Waals surface area contributed by atoms with Gasteiger partial charge in [-0.05, 0) is 6.42 Å². The maximum absolute atomic E-state index is 10.5. The maximum Gasteiger partial charge on any atom is 0.170 e. The molecule has 2 atom stereocenters. The van der Waals surface area contributed by atoms with Crippen LogP contribution in [0.2, 0.25) is 0 Å². The molecule has 86 valence electrons. The van der Waals surface area contributed by atoms with E-state index < -0.39 is 16.5 Å². The Morgan fingerprint density at radius 3 is 2.14 bits per heavy atom. The van der Waals surface area contributed by atoms with Gasteiger partial charge in [-0.25, -0.2) is 4.21 Å². The summed E-state index contributed by atoms with van der Waals surface area (Å²) in [6.45, 7) is 2.20. The maximum atomic E-state index is 10.5. The Balaban J connectivity index is 3.09. The summed E-state index contributed by atoms with van der Waals surface area (Å²) in [6, 6.07) is 0. The number of unbranched alkanes of at least 4 members (excludes halogenated alkanes) is 6. The fourth-order valence-corrected chi connectivity index (χ4v) is 1.77. The van der Waals surface area contributed by atoms with Crippen molar-refractivity contribution in [1.29, 1.82) is 0 Å². The fraction of sp³-hybridized carbons (Fsp3) is 1.00. The normalized spacial score (nSPS) is 15.4. The monoisotopic (exact) mass is 221 g/mol. The van der Waals surface area contributed by atoms with Crippen LogP contribution in [-0.2, 0) is 11.1 Å². The molecule has 0 rings (SSSR count). The van der Waals surface area contributed by atoms with Gasteiger partial charge in [0.25, 0.3) is 0 Å². The van der Waals surface area contributed by atoms with Crippen LogP contribution >= 0.6 is 0 Å². The molecular formula is C10H23NO2S.